The normalized spacial score (nSPS) is 10.9. The highest BCUT2D eigenvalue weighted by Crippen LogP contribution is 2.24. The van der Waals surface area contributed by atoms with E-state index in [-0.39, 0.29) is 23.8 Å². The summed E-state index contributed by atoms with van der Waals surface area (Å²) >= 11 is 0. The molecule has 0 aliphatic rings. The topological polar surface area (TPSA) is 131 Å². The molecule has 0 fully saturated rings. The molecule has 0 bridgehead atoms. The number of benzene rings is 3. The lowest BCUT2D eigenvalue weighted by molar-refractivity contribution is 0.282. The number of nitrogens with two attached hydrogens (primary N) is 2. The minimum Gasteiger partial charge on any atom is -0.392 e. The van der Waals surface area contributed by atoms with Crippen LogP contribution in [-0.4, -0.2) is 20.5 Å². The molecule has 0 aliphatic carbocycles. The minimum atomic E-state index is -0.165. The van der Waals surface area contributed by atoms with Gasteiger partial charge in [-0.2, -0.15) is 0 Å². The fourth-order valence-electron chi connectivity index (χ4n) is 3.98. The Labute approximate surface area is 197 Å². The van der Waals surface area contributed by atoms with Gasteiger partial charge in [0.1, 0.15) is 17.5 Å². The summed E-state index contributed by atoms with van der Waals surface area (Å²) in [6.07, 6.45) is 0.365. The van der Waals surface area contributed by atoms with Gasteiger partial charge in [0.05, 0.1) is 18.7 Å². The van der Waals surface area contributed by atoms with Gasteiger partial charge in [-0.1, -0.05) is 72.8 Å². The minimum absolute atomic E-state index is 0.0216. The number of hydrogen-bond acceptors (Lipinski definition) is 5. The molecule has 1 aromatic heterocycles. The van der Waals surface area contributed by atoms with Crippen LogP contribution < -0.4 is 17.0 Å². The van der Waals surface area contributed by atoms with Crippen LogP contribution in [0.5, 0.6) is 0 Å². The fraction of sp³-hybridized carbons (Fsp3) is 0.148. The van der Waals surface area contributed by atoms with E-state index in [1.54, 1.807) is 11.5 Å². The summed E-state index contributed by atoms with van der Waals surface area (Å²) in [6.45, 7) is 2.11. The molecule has 0 unspecified atom stereocenters. The maximum absolute atomic E-state index is 13.3. The van der Waals surface area contributed by atoms with Crippen LogP contribution in [0.1, 0.15) is 33.6 Å². The second kappa shape index (κ2) is 9.72. The van der Waals surface area contributed by atoms with E-state index >= 15 is 0 Å². The van der Waals surface area contributed by atoms with Gasteiger partial charge in [0.2, 0.25) is 0 Å². The molecule has 0 atom stereocenters. The smallest absolute Gasteiger partial charge is 0.259 e. The summed E-state index contributed by atoms with van der Waals surface area (Å²) in [5, 5.41) is 17.0. The number of aliphatic hydroxyl groups is 1. The number of nitrogens with one attached hydrogen (secondary N) is 1. The van der Waals surface area contributed by atoms with E-state index in [1.165, 1.54) is 0 Å². The highest BCUT2D eigenvalue weighted by atomic mass is 16.3. The molecular weight excluding hydrogens is 426 g/mol. The molecule has 7 heteroatoms. The maximum Gasteiger partial charge on any atom is 0.259 e. The molecule has 7 nitrogen and oxygen atoms in total. The third kappa shape index (κ3) is 4.74. The van der Waals surface area contributed by atoms with Gasteiger partial charge in [-0.25, -0.2) is 4.98 Å². The van der Waals surface area contributed by atoms with Gasteiger partial charge in [0.25, 0.3) is 5.56 Å². The monoisotopic (exact) mass is 453 g/mol. The number of hydrogen-bond donors (Lipinski definition) is 4. The molecule has 34 heavy (non-hydrogen) atoms. The van der Waals surface area contributed by atoms with Gasteiger partial charge >= 0.3 is 0 Å². The van der Waals surface area contributed by atoms with Gasteiger partial charge in [0, 0.05) is 12.0 Å². The van der Waals surface area contributed by atoms with Crippen LogP contribution in [0.4, 0.5) is 5.82 Å². The van der Waals surface area contributed by atoms with Crippen LogP contribution in [0, 0.1) is 12.3 Å². The van der Waals surface area contributed by atoms with Crippen LogP contribution in [0.15, 0.2) is 77.6 Å². The second-order valence-electron chi connectivity index (χ2n) is 8.22. The first-order valence-corrected chi connectivity index (χ1v) is 10.9. The molecule has 4 rings (SSSR count). The second-order valence-corrected chi connectivity index (χ2v) is 8.22. The number of nitrogens with zero attached hydrogens (tertiary/aromatic N) is 2. The van der Waals surface area contributed by atoms with Crippen molar-refractivity contribution in [2.45, 2.75) is 26.5 Å². The quantitative estimate of drug-likeness (QED) is 0.252. The Morgan fingerprint density at radius 3 is 2.24 bits per heavy atom. The molecule has 0 saturated heterocycles. The molecule has 4 aromatic rings. The lowest BCUT2D eigenvalue weighted by Gasteiger charge is -2.14. The predicted molar refractivity (Wildman–Crippen MR) is 135 cm³/mol. The Kier molecular flexibility index (Phi) is 6.56. The van der Waals surface area contributed by atoms with Gasteiger partial charge in [-0.05, 0) is 34.7 Å². The van der Waals surface area contributed by atoms with E-state index in [2.05, 4.69) is 4.98 Å². The van der Waals surface area contributed by atoms with E-state index in [4.69, 9.17) is 16.9 Å². The van der Waals surface area contributed by atoms with Gasteiger partial charge in [0.15, 0.2) is 0 Å². The molecule has 0 aliphatic heterocycles. The number of anilines is 1. The third-order valence-corrected chi connectivity index (χ3v) is 5.89. The van der Waals surface area contributed by atoms with Crippen LogP contribution >= 0.6 is 0 Å². The number of rotatable bonds is 7. The first-order valence-electron chi connectivity index (χ1n) is 10.9. The summed E-state index contributed by atoms with van der Waals surface area (Å²) in [4.78, 5) is 17.7. The summed E-state index contributed by atoms with van der Waals surface area (Å²) in [7, 11) is 0. The van der Waals surface area contributed by atoms with Crippen LogP contribution in [-0.2, 0) is 19.6 Å². The fourth-order valence-corrected chi connectivity index (χ4v) is 3.98. The van der Waals surface area contributed by atoms with E-state index in [0.29, 0.717) is 29.9 Å². The summed E-state index contributed by atoms with van der Waals surface area (Å²) in [5.41, 5.74) is 17.3. The lowest BCUT2D eigenvalue weighted by atomic mass is 9.98. The zero-order valence-corrected chi connectivity index (χ0v) is 19.0. The zero-order chi connectivity index (χ0) is 24.2. The van der Waals surface area contributed by atoms with E-state index < -0.39 is 0 Å². The Hall–Kier alpha value is -4.23. The van der Waals surface area contributed by atoms with E-state index in [1.807, 2.05) is 72.8 Å². The summed E-state index contributed by atoms with van der Waals surface area (Å²) in [5.74, 6) is 0.808. The van der Waals surface area contributed by atoms with E-state index in [0.717, 1.165) is 27.8 Å². The number of aliphatic hydroxyl groups excluding tert-OH is 1. The van der Waals surface area contributed by atoms with Crippen molar-refractivity contribution >= 4 is 11.7 Å². The number of nitrogen functional groups attached to an aromatic ring is 2. The van der Waals surface area contributed by atoms with Crippen molar-refractivity contribution in [3.8, 4) is 11.1 Å². The standard InChI is InChI=1S/C27H27N5O2/c1-17-31-26(30)24(14-18-6-8-20(16-33)9-7-18)27(34)32(17)15-19-10-12-21(13-11-19)22-4-2-3-5-23(22)25(28)29/h2-13,33H,14-16,30H2,1H3,(H3,28,29). The molecular formula is C27H27N5O2. The molecule has 0 spiro atoms. The van der Waals surface area contributed by atoms with Crippen molar-refractivity contribution in [1.82, 2.24) is 9.55 Å². The number of aromatic nitrogens is 2. The van der Waals surface area contributed by atoms with E-state index in [9.17, 15) is 9.90 Å². The van der Waals surface area contributed by atoms with Crippen LogP contribution in [0.25, 0.3) is 11.1 Å². The largest absolute Gasteiger partial charge is 0.392 e. The zero-order valence-electron chi connectivity index (χ0n) is 19.0. The first-order chi connectivity index (χ1) is 16.4. The van der Waals surface area contributed by atoms with Crippen molar-refractivity contribution in [1.29, 1.82) is 5.41 Å². The first kappa shape index (κ1) is 22.9. The van der Waals surface area contributed by atoms with Crippen LogP contribution in [0.3, 0.4) is 0 Å². The molecule has 172 valence electrons. The molecule has 6 N–H and O–H groups in total. The molecule has 1 heterocycles. The molecule has 0 saturated carbocycles. The highest BCUT2D eigenvalue weighted by molar-refractivity contribution is 6.01. The predicted octanol–water partition coefficient (Wildman–Crippen LogP) is 3.22. The molecule has 0 amide bonds. The summed E-state index contributed by atoms with van der Waals surface area (Å²) < 4.78 is 1.63. The molecule has 0 radical (unpaired) electrons. The van der Waals surface area contributed by atoms with Crippen molar-refractivity contribution in [3.63, 3.8) is 0 Å². The summed E-state index contributed by atoms with van der Waals surface area (Å²) in [6, 6.07) is 22.8. The van der Waals surface area contributed by atoms with Gasteiger partial charge < -0.3 is 16.6 Å². The Balaban J connectivity index is 1.62. The number of amidine groups is 1. The van der Waals surface area contributed by atoms with Crippen molar-refractivity contribution in [2.75, 3.05) is 5.73 Å². The number of aryl methyl sites for hydroxylation is 1. The Morgan fingerprint density at radius 1 is 0.971 bits per heavy atom. The SMILES string of the molecule is Cc1nc(N)c(Cc2ccc(CO)cc2)c(=O)n1Cc1ccc(-c2ccccc2C(=N)N)cc1. The molecule has 3 aromatic carbocycles. The maximum atomic E-state index is 13.3. The average molecular weight is 454 g/mol. The van der Waals surface area contributed by atoms with Crippen molar-refractivity contribution in [2.24, 2.45) is 5.73 Å². The lowest BCUT2D eigenvalue weighted by Crippen LogP contribution is -2.29. The van der Waals surface area contributed by atoms with Crippen LogP contribution in [0.2, 0.25) is 0 Å². The van der Waals surface area contributed by atoms with Gasteiger partial charge in [-0.15, -0.1) is 0 Å². The Bertz CT molecular complexity index is 1390. The average Bonchev–Trinajstić information content (AvgIpc) is 2.85. The van der Waals surface area contributed by atoms with Crippen molar-refractivity contribution in [3.05, 3.63) is 117 Å². The highest BCUT2D eigenvalue weighted by Gasteiger charge is 2.14. The third-order valence-electron chi connectivity index (χ3n) is 5.89. The van der Waals surface area contributed by atoms with Gasteiger partial charge in [-0.3, -0.25) is 14.8 Å². The van der Waals surface area contributed by atoms with Crippen molar-refractivity contribution < 1.29 is 5.11 Å². The Morgan fingerprint density at radius 2 is 1.59 bits per heavy atom.